The Morgan fingerprint density at radius 2 is 1.89 bits per heavy atom. The molecule has 3 atom stereocenters. The van der Waals surface area contributed by atoms with Gasteiger partial charge in [0.05, 0.1) is 17.7 Å². The molecule has 0 spiro atoms. The fraction of sp³-hybridized carbons (Fsp3) is 0.519. The van der Waals surface area contributed by atoms with Crippen LogP contribution in [-0.2, 0) is 14.0 Å². The average molecular weight is 497 g/mol. The van der Waals surface area contributed by atoms with E-state index in [1.54, 1.807) is 35.0 Å². The van der Waals surface area contributed by atoms with Crippen LogP contribution in [0.3, 0.4) is 0 Å². The van der Waals surface area contributed by atoms with Gasteiger partial charge >= 0.3 is 5.97 Å². The van der Waals surface area contributed by atoms with Crippen LogP contribution in [0.5, 0.6) is 5.75 Å². The van der Waals surface area contributed by atoms with E-state index >= 15 is 0 Å². The second kappa shape index (κ2) is 9.28. The summed E-state index contributed by atoms with van der Waals surface area (Å²) in [6, 6.07) is 10.0. The highest BCUT2D eigenvalue weighted by molar-refractivity contribution is 6.74. The molecular weight excluding hydrogens is 460 g/mol. The maximum atomic E-state index is 13.5. The van der Waals surface area contributed by atoms with E-state index in [1.165, 1.54) is 6.92 Å². The van der Waals surface area contributed by atoms with Crippen molar-refractivity contribution >= 4 is 14.3 Å². The van der Waals surface area contributed by atoms with Gasteiger partial charge in [0.25, 0.3) is 5.56 Å². The van der Waals surface area contributed by atoms with Gasteiger partial charge < -0.3 is 18.5 Å². The van der Waals surface area contributed by atoms with Gasteiger partial charge in [0.15, 0.2) is 14.4 Å². The van der Waals surface area contributed by atoms with Crippen LogP contribution >= 0.6 is 0 Å². The van der Waals surface area contributed by atoms with Crippen molar-refractivity contribution in [3.63, 3.8) is 0 Å². The highest BCUT2D eigenvalue weighted by Gasteiger charge is 2.47. The van der Waals surface area contributed by atoms with E-state index in [2.05, 4.69) is 39.9 Å². The van der Waals surface area contributed by atoms with Crippen molar-refractivity contribution < 1.29 is 18.7 Å². The van der Waals surface area contributed by atoms with Crippen LogP contribution in [0.15, 0.2) is 41.3 Å². The fourth-order valence-electron chi connectivity index (χ4n) is 4.18. The number of nitriles is 1. The molecule has 2 aromatic rings. The summed E-state index contributed by atoms with van der Waals surface area (Å²) >= 11 is 0. The number of pyridine rings is 1. The highest BCUT2D eigenvalue weighted by atomic mass is 28.4. The molecule has 7 nitrogen and oxygen atoms in total. The van der Waals surface area contributed by atoms with Gasteiger partial charge in [0.2, 0.25) is 0 Å². The Bertz CT molecular complexity index is 1220. The Kier molecular flexibility index (Phi) is 7.08. The van der Waals surface area contributed by atoms with E-state index in [0.29, 0.717) is 16.9 Å². The molecule has 3 unspecified atom stereocenters. The van der Waals surface area contributed by atoms with Crippen LogP contribution in [0.1, 0.15) is 77.3 Å². The van der Waals surface area contributed by atoms with Gasteiger partial charge in [-0.3, -0.25) is 9.59 Å². The lowest BCUT2D eigenvalue weighted by molar-refractivity contribution is -0.163. The monoisotopic (exact) mass is 496 g/mol. The molecule has 1 aromatic carbocycles. The van der Waals surface area contributed by atoms with Gasteiger partial charge in [-0.25, -0.2) is 0 Å². The van der Waals surface area contributed by atoms with E-state index in [4.69, 9.17) is 13.9 Å². The second-order valence-electron chi connectivity index (χ2n) is 11.3. The van der Waals surface area contributed by atoms with Gasteiger partial charge in [-0.1, -0.05) is 20.8 Å². The Hall–Kier alpha value is -2.89. The molecular formula is C27H36N2O5Si. The van der Waals surface area contributed by atoms with E-state index in [-0.39, 0.29) is 16.7 Å². The predicted octanol–water partition coefficient (Wildman–Crippen LogP) is 5.49. The smallest absolute Gasteiger partial charge is 0.303 e. The van der Waals surface area contributed by atoms with Gasteiger partial charge in [-0.15, -0.1) is 0 Å². The molecule has 0 bridgehead atoms. The lowest BCUT2D eigenvalue weighted by Crippen LogP contribution is -2.54. The molecule has 0 amide bonds. The Morgan fingerprint density at radius 3 is 2.43 bits per heavy atom. The van der Waals surface area contributed by atoms with E-state index in [9.17, 15) is 14.9 Å². The quantitative estimate of drug-likeness (QED) is 0.401. The molecule has 35 heavy (non-hydrogen) atoms. The zero-order valence-electron chi connectivity index (χ0n) is 22.1. The fourth-order valence-corrected chi connectivity index (χ4v) is 5.56. The summed E-state index contributed by atoms with van der Waals surface area (Å²) in [6.45, 7) is 17.8. The third kappa shape index (κ3) is 5.36. The minimum absolute atomic E-state index is 0.0450. The molecule has 1 aliphatic heterocycles. The van der Waals surface area contributed by atoms with Gasteiger partial charge in [0.1, 0.15) is 17.4 Å². The van der Waals surface area contributed by atoms with E-state index in [0.717, 1.165) is 5.56 Å². The van der Waals surface area contributed by atoms with Crippen molar-refractivity contribution in [1.82, 2.24) is 4.57 Å². The first kappa shape index (κ1) is 26.7. The van der Waals surface area contributed by atoms with Crippen LogP contribution in [0.2, 0.25) is 18.1 Å². The average Bonchev–Trinajstić information content (AvgIpc) is 2.72. The predicted molar refractivity (Wildman–Crippen MR) is 137 cm³/mol. The second-order valence-corrected chi connectivity index (χ2v) is 16.0. The zero-order chi connectivity index (χ0) is 26.3. The number of nitrogens with zero attached hydrogens (tertiary/aromatic N) is 2. The number of hydrogen-bond donors (Lipinski definition) is 0. The van der Waals surface area contributed by atoms with E-state index < -0.39 is 32.0 Å². The number of fused-ring (bicyclic) bond motifs is 1. The minimum atomic E-state index is -2.03. The first-order valence-electron chi connectivity index (χ1n) is 11.9. The summed E-state index contributed by atoms with van der Waals surface area (Å²) < 4.78 is 19.9. The first-order valence-corrected chi connectivity index (χ1v) is 14.8. The van der Waals surface area contributed by atoms with Crippen LogP contribution in [0.25, 0.3) is 0 Å². The number of esters is 1. The largest absolute Gasteiger partial charge is 0.484 e. The topological polar surface area (TPSA) is 90.5 Å². The molecule has 0 aliphatic carbocycles. The molecule has 0 saturated heterocycles. The molecule has 3 rings (SSSR count). The lowest BCUT2D eigenvalue weighted by atomic mass is 9.85. The SMILES string of the molecule is CC(=O)OC1C(n2ccc(C(C)O[Si](C)(C)C(C)(C)C)cc2=O)c2cc(C#N)ccc2OC1(C)C. The van der Waals surface area contributed by atoms with E-state index in [1.807, 2.05) is 26.8 Å². The summed E-state index contributed by atoms with van der Waals surface area (Å²) in [6.07, 6.45) is 0.686. The maximum Gasteiger partial charge on any atom is 0.303 e. The number of benzene rings is 1. The molecule has 0 radical (unpaired) electrons. The summed E-state index contributed by atoms with van der Waals surface area (Å²) in [5.74, 6) is 0.0747. The number of hydrogen-bond acceptors (Lipinski definition) is 6. The van der Waals surface area contributed by atoms with Crippen molar-refractivity contribution in [2.24, 2.45) is 0 Å². The van der Waals surface area contributed by atoms with Crippen LogP contribution in [0.4, 0.5) is 0 Å². The number of aromatic nitrogens is 1. The molecule has 0 saturated carbocycles. The van der Waals surface area contributed by atoms with Crippen molar-refractivity contribution in [1.29, 1.82) is 5.26 Å². The summed E-state index contributed by atoms with van der Waals surface area (Å²) in [5, 5.41) is 9.50. The normalized spacial score (nSPS) is 20.2. The number of carbonyl (C=O) groups excluding carboxylic acids is 1. The number of ether oxygens (including phenoxy) is 2. The third-order valence-corrected chi connectivity index (χ3v) is 11.7. The Balaban J connectivity index is 2.10. The zero-order valence-corrected chi connectivity index (χ0v) is 23.1. The van der Waals surface area contributed by atoms with Crippen LogP contribution in [-0.4, -0.2) is 30.6 Å². The van der Waals surface area contributed by atoms with Crippen molar-refractivity contribution in [3.8, 4) is 11.8 Å². The third-order valence-electron chi connectivity index (χ3n) is 7.11. The van der Waals surface area contributed by atoms with Crippen molar-refractivity contribution in [2.45, 2.75) is 90.4 Å². The molecule has 2 heterocycles. The molecule has 8 heteroatoms. The van der Waals surface area contributed by atoms with Crippen molar-refractivity contribution in [2.75, 3.05) is 0 Å². The molecule has 0 fully saturated rings. The van der Waals surface area contributed by atoms with Gasteiger partial charge in [0, 0.05) is 24.8 Å². The molecule has 188 valence electrons. The maximum absolute atomic E-state index is 13.5. The minimum Gasteiger partial charge on any atom is -0.484 e. The summed E-state index contributed by atoms with van der Waals surface area (Å²) in [5.41, 5.74) is 0.683. The summed E-state index contributed by atoms with van der Waals surface area (Å²) in [7, 11) is -2.03. The molecule has 0 N–H and O–H groups in total. The summed E-state index contributed by atoms with van der Waals surface area (Å²) in [4.78, 5) is 25.5. The van der Waals surface area contributed by atoms with Crippen LogP contribution < -0.4 is 10.3 Å². The van der Waals surface area contributed by atoms with Gasteiger partial charge in [-0.05, 0) is 68.7 Å². The number of carbonyl (C=O) groups is 1. The van der Waals surface area contributed by atoms with Crippen molar-refractivity contribution in [3.05, 3.63) is 63.6 Å². The van der Waals surface area contributed by atoms with Crippen LogP contribution in [0, 0.1) is 11.3 Å². The standard InChI is InChI=1S/C27H36N2O5Si/c1-17(34-35(8,9)26(3,4)5)20-12-13-29(23(31)15-20)24-21-14-19(16-28)10-11-22(21)33-27(6,7)25(24)32-18(2)30/h10-15,17,24-25H,1-9H3. The Morgan fingerprint density at radius 1 is 1.23 bits per heavy atom. The first-order chi connectivity index (χ1) is 16.1. The molecule has 1 aliphatic rings. The number of rotatable bonds is 5. The molecule has 1 aromatic heterocycles. The Labute approximate surface area is 208 Å². The van der Waals surface area contributed by atoms with Gasteiger partial charge in [-0.2, -0.15) is 5.26 Å². The lowest BCUT2D eigenvalue weighted by Gasteiger charge is -2.44. The highest BCUT2D eigenvalue weighted by Crippen LogP contribution is 2.44.